The molecule has 0 spiro atoms. The van der Waals surface area contributed by atoms with E-state index in [0.717, 1.165) is 58.5 Å². The molecule has 4 fully saturated rings. The number of ether oxygens (including phenoxy) is 4. The lowest BCUT2D eigenvalue weighted by Crippen LogP contribution is -2.57. The van der Waals surface area contributed by atoms with Crippen molar-refractivity contribution < 1.29 is 56.8 Å². The zero-order valence-electron chi connectivity index (χ0n) is 55.1. The molecular weight excluding hydrogens is 1270 g/mol. The molecule has 4 aliphatic heterocycles. The summed E-state index contributed by atoms with van der Waals surface area (Å²) in [5.41, 5.74) is 2.06. The van der Waals surface area contributed by atoms with Gasteiger partial charge in [-0.1, -0.05) is 62.7 Å². The molecule has 4 aliphatic rings. The first-order valence-corrected chi connectivity index (χ1v) is 34.2. The lowest BCUT2D eigenvalue weighted by Gasteiger charge is -2.42. The molecule has 0 aliphatic carbocycles. The number of piperazine rings is 1. The predicted octanol–water partition coefficient (Wildman–Crippen LogP) is 12.1. The maximum absolute atomic E-state index is 17.9. The molecule has 10 rings (SSSR count). The maximum Gasteiger partial charge on any atom is 0.412 e. The Morgan fingerprint density at radius 3 is 2.27 bits per heavy atom. The van der Waals surface area contributed by atoms with Gasteiger partial charge in [-0.3, -0.25) is 29.5 Å². The van der Waals surface area contributed by atoms with Crippen molar-refractivity contribution in [3.63, 3.8) is 0 Å². The number of carbonyl (C=O) groups is 5. The Hall–Kier alpha value is -7.34. The van der Waals surface area contributed by atoms with Crippen LogP contribution in [0.15, 0.2) is 48.0 Å². The number of fused-ring (bicyclic) bond motifs is 4. The number of aliphatic hydroxyl groups is 1. The number of likely N-dealkylation sites (tertiary alicyclic amines) is 2. The number of amides is 5. The summed E-state index contributed by atoms with van der Waals surface area (Å²) in [7, 11) is 0. The molecule has 4 N–H and O–H groups in total. The maximum atomic E-state index is 17.9. The number of anilines is 2. The van der Waals surface area contributed by atoms with E-state index >= 15 is 8.78 Å². The molecule has 2 unspecified atom stereocenters. The third kappa shape index (κ3) is 15.8. The minimum absolute atomic E-state index is 0.0108. The Bertz CT molecular complexity index is 3850. The summed E-state index contributed by atoms with van der Waals surface area (Å²) in [5, 5.41) is 30.1. The van der Waals surface area contributed by atoms with E-state index in [0.29, 0.717) is 64.3 Å². The highest BCUT2D eigenvalue weighted by Crippen LogP contribution is 2.47. The van der Waals surface area contributed by atoms with Crippen molar-refractivity contribution >= 4 is 96.0 Å². The number of benzene rings is 3. The highest BCUT2D eigenvalue weighted by Gasteiger charge is 2.47. The average Bonchev–Trinajstić information content (AvgIpc) is 1.30. The average molecular weight is 1350 g/mol. The number of nitrogens with zero attached hydrogens (tertiary/aromatic N) is 8. The number of aliphatic hydroxyl groups excluding tert-OH is 1. The van der Waals surface area contributed by atoms with E-state index in [1.165, 1.54) is 11.0 Å². The highest BCUT2D eigenvalue weighted by molar-refractivity contribution is 7.23. The summed E-state index contributed by atoms with van der Waals surface area (Å²) in [6.45, 7) is 22.9. The quantitative estimate of drug-likeness (QED) is 0.0518. The summed E-state index contributed by atoms with van der Waals surface area (Å²) >= 11 is 9.49. The van der Waals surface area contributed by atoms with E-state index in [2.05, 4.69) is 31.9 Å². The van der Waals surface area contributed by atoms with Gasteiger partial charge in [-0.05, 0) is 135 Å². The zero-order chi connectivity index (χ0) is 67.7. The molecule has 5 amide bonds. The van der Waals surface area contributed by atoms with E-state index in [9.17, 15) is 34.3 Å². The summed E-state index contributed by atoms with van der Waals surface area (Å²) in [6, 6.07) is 11.1. The standard InChI is InChI=1S/C68H84ClF2N11O10S2/c1-37(39-17-19-40(20-18-39)56-38(2)73-36-93-56)74-60(85)50-29-44(83)34-81(50)62(86)58(66(3,4)5)75-51(84)16-13-27-89-28-14-26-79-25-12-15-43(79)35-90-63-76-55-46(59(77-63)80-32-41-21-22-42(33-80)82(41)65(88)92-68(9,10)11)30-48(69)53(54(55)71)45-23-24-49(70)57-52(45)47(31-72)61(94-57)78-64(87)91-67(6,7)8/h17-20,23-24,30,36-37,41-44,50,58,83H,12-16,21-22,25-29,32-35H2,1-11H3,(H,74,85)(H,75,84)(H,78,87)/t37-,41?,42?,43-,44+,50-,58+/m0/s1. The Labute approximate surface area is 559 Å². The van der Waals surface area contributed by atoms with Crippen LogP contribution < -0.4 is 25.6 Å². The van der Waals surface area contributed by atoms with Crippen molar-refractivity contribution in [1.29, 1.82) is 5.26 Å². The van der Waals surface area contributed by atoms with Crippen LogP contribution >= 0.6 is 34.3 Å². The molecule has 3 aromatic carbocycles. The van der Waals surface area contributed by atoms with Crippen LogP contribution in [-0.4, -0.2) is 165 Å². The van der Waals surface area contributed by atoms with Crippen molar-refractivity contribution in [2.24, 2.45) is 5.41 Å². The van der Waals surface area contributed by atoms with Gasteiger partial charge in [0.2, 0.25) is 17.7 Å². The molecular formula is C68H84ClF2N11O10S2. The molecule has 0 saturated carbocycles. The third-order valence-electron chi connectivity index (χ3n) is 17.4. The molecule has 4 saturated heterocycles. The van der Waals surface area contributed by atoms with Gasteiger partial charge in [-0.15, -0.1) is 22.7 Å². The van der Waals surface area contributed by atoms with Gasteiger partial charge in [0.15, 0.2) is 5.82 Å². The number of thiophene rings is 1. The van der Waals surface area contributed by atoms with E-state index < -0.39 is 64.5 Å². The van der Waals surface area contributed by atoms with Crippen LogP contribution in [0.1, 0.15) is 143 Å². The molecule has 94 heavy (non-hydrogen) atoms. The van der Waals surface area contributed by atoms with Crippen LogP contribution in [0.4, 0.5) is 29.2 Å². The topological polar surface area (TPSA) is 254 Å². The van der Waals surface area contributed by atoms with Gasteiger partial charge in [0.1, 0.15) is 58.1 Å². The predicted molar refractivity (Wildman–Crippen MR) is 358 cm³/mol. The van der Waals surface area contributed by atoms with Crippen LogP contribution in [0.2, 0.25) is 5.02 Å². The number of nitrogens with one attached hydrogen (secondary N) is 3. The SMILES string of the molecule is Cc1ncsc1-c1ccc([C@H](C)NC(=O)[C@@H]2C[C@@H](O)CN2C(=O)[C@@H](NC(=O)CCCOCCCN2CCC[C@H]2COc2nc(N3CC4CCC(C3)N4C(=O)OC(C)(C)C)c3cc(Cl)c(-c4ccc(F)c5sc(NC(=O)OC(C)(C)C)c(C#N)c45)c(F)c3n2)C(C)(C)C)cc1. The molecule has 26 heteroatoms. The largest absolute Gasteiger partial charge is 0.462 e. The number of rotatable bonds is 20. The third-order valence-corrected chi connectivity index (χ3v) is 19.8. The van der Waals surface area contributed by atoms with Gasteiger partial charge in [-0.2, -0.15) is 15.2 Å². The first-order chi connectivity index (χ1) is 44.5. The van der Waals surface area contributed by atoms with Crippen molar-refractivity contribution in [2.75, 3.05) is 62.8 Å². The number of aromatic nitrogens is 3. The van der Waals surface area contributed by atoms with Gasteiger partial charge < -0.3 is 44.5 Å². The monoisotopic (exact) mass is 1350 g/mol. The van der Waals surface area contributed by atoms with Crippen molar-refractivity contribution in [3.05, 3.63) is 81.5 Å². The molecule has 7 heterocycles. The minimum atomic E-state index is -0.969. The molecule has 3 aromatic heterocycles. The number of carbonyl (C=O) groups excluding carboxylic acids is 5. The second kappa shape index (κ2) is 28.5. The van der Waals surface area contributed by atoms with E-state index in [1.807, 2.05) is 90.1 Å². The second-order valence-corrected chi connectivity index (χ2v) is 30.2. The summed E-state index contributed by atoms with van der Waals surface area (Å²) in [4.78, 5) is 90.7. The highest BCUT2D eigenvalue weighted by atomic mass is 35.5. The number of β-amino-alcohol motifs (C(OH)–C–C–N with tert-alkyl or cyclic N) is 1. The molecule has 2 bridgehead atoms. The van der Waals surface area contributed by atoms with E-state index in [4.69, 9.17) is 40.5 Å². The van der Waals surface area contributed by atoms with Gasteiger partial charge in [0.25, 0.3) is 0 Å². The smallest absolute Gasteiger partial charge is 0.412 e. The van der Waals surface area contributed by atoms with Crippen LogP contribution in [0.25, 0.3) is 42.6 Å². The van der Waals surface area contributed by atoms with Gasteiger partial charge in [0.05, 0.1) is 55.6 Å². The number of hydrogen-bond donors (Lipinski definition) is 4. The van der Waals surface area contributed by atoms with Gasteiger partial charge in [0, 0.05) is 74.6 Å². The van der Waals surface area contributed by atoms with Crippen LogP contribution in [0.3, 0.4) is 0 Å². The number of thiazole rings is 1. The fourth-order valence-corrected chi connectivity index (χ4v) is 15.1. The fourth-order valence-electron chi connectivity index (χ4n) is 13.0. The Morgan fingerprint density at radius 1 is 0.904 bits per heavy atom. The summed E-state index contributed by atoms with van der Waals surface area (Å²) in [6.07, 6.45) is 2.20. The van der Waals surface area contributed by atoms with Crippen LogP contribution in [0, 0.1) is 35.3 Å². The Morgan fingerprint density at radius 2 is 1.61 bits per heavy atom. The van der Waals surface area contributed by atoms with Crippen LogP contribution in [-0.2, 0) is 28.6 Å². The van der Waals surface area contributed by atoms with Crippen LogP contribution in [0.5, 0.6) is 6.01 Å². The lowest BCUT2D eigenvalue weighted by molar-refractivity contribution is -0.144. The minimum Gasteiger partial charge on any atom is -0.462 e. The normalized spacial score (nSPS) is 19.9. The molecule has 0 radical (unpaired) electrons. The molecule has 21 nitrogen and oxygen atoms in total. The van der Waals surface area contributed by atoms with E-state index in [1.54, 1.807) is 43.1 Å². The first-order valence-electron chi connectivity index (χ1n) is 32.1. The summed E-state index contributed by atoms with van der Waals surface area (Å²) < 4.78 is 57.3. The zero-order valence-corrected chi connectivity index (χ0v) is 57.5. The van der Waals surface area contributed by atoms with Crippen molar-refractivity contribution in [1.82, 2.24) is 40.3 Å². The fraction of sp³-hybridized carbons (Fsp3) is 0.544. The molecule has 7 atom stereocenters. The Kier molecular flexibility index (Phi) is 21.1. The number of aryl methyl sites for hydroxylation is 1. The molecule has 6 aromatic rings. The number of hydrogen-bond acceptors (Lipinski definition) is 18. The van der Waals surface area contributed by atoms with Gasteiger partial charge in [-0.25, -0.2) is 23.4 Å². The van der Waals surface area contributed by atoms with Crippen molar-refractivity contribution in [2.45, 2.75) is 181 Å². The lowest BCUT2D eigenvalue weighted by atomic mass is 9.85. The number of nitriles is 1. The van der Waals surface area contributed by atoms with Crippen molar-refractivity contribution in [3.8, 4) is 33.6 Å². The van der Waals surface area contributed by atoms with E-state index in [-0.39, 0.29) is 116 Å². The second-order valence-electron chi connectivity index (χ2n) is 27.9. The Balaban J connectivity index is 0.771. The van der Waals surface area contributed by atoms with Gasteiger partial charge >= 0.3 is 18.2 Å². The first kappa shape index (κ1) is 69.5. The number of halogens is 3. The molecule has 504 valence electrons. The summed E-state index contributed by atoms with van der Waals surface area (Å²) in [5.74, 6) is -2.38.